The molecule has 0 bridgehead atoms. The Morgan fingerprint density at radius 2 is 1.94 bits per heavy atom. The summed E-state index contributed by atoms with van der Waals surface area (Å²) in [7, 11) is 1.54. The average Bonchev–Trinajstić information content (AvgIpc) is 2.55. The lowest BCUT2D eigenvalue weighted by molar-refractivity contribution is -0.140. The number of carbonyl (C=O) groups excluding carboxylic acids is 1. The highest BCUT2D eigenvalue weighted by molar-refractivity contribution is 5.99. The molecule has 1 spiro atoms. The maximum atomic E-state index is 12.0. The van der Waals surface area contributed by atoms with Gasteiger partial charge in [0.05, 0.1) is 13.2 Å². The minimum atomic E-state index is -0.604. The summed E-state index contributed by atoms with van der Waals surface area (Å²) in [6, 6.07) is 0. The van der Waals surface area contributed by atoms with Crippen LogP contribution in [-0.4, -0.2) is 18.5 Å². The first-order chi connectivity index (χ1) is 7.87. The largest absolute Gasteiger partial charge is 0.469 e. The fraction of sp³-hybridized carbons (Fsp3) is 0.786. The molecule has 0 aromatic rings. The van der Waals surface area contributed by atoms with Crippen molar-refractivity contribution in [1.29, 1.82) is 0 Å². The lowest BCUT2D eigenvalue weighted by Gasteiger charge is -2.40. The van der Waals surface area contributed by atoms with E-state index in [4.69, 9.17) is 9.47 Å². The zero-order chi connectivity index (χ0) is 12.7. The SMILES string of the molecule is COC1=CC(=O)C2(CCC(C(C)(C)C)CC2)O1. The zero-order valence-electron chi connectivity index (χ0n) is 11.2. The van der Waals surface area contributed by atoms with Crippen molar-refractivity contribution in [3.8, 4) is 0 Å². The van der Waals surface area contributed by atoms with Gasteiger partial charge in [0.1, 0.15) is 0 Å². The molecule has 0 atom stereocenters. The Labute approximate surface area is 103 Å². The molecule has 3 heteroatoms. The normalized spacial score (nSPS) is 33.5. The molecule has 1 aliphatic heterocycles. The van der Waals surface area contributed by atoms with Gasteiger partial charge in [0.2, 0.25) is 5.78 Å². The number of hydrogen-bond acceptors (Lipinski definition) is 3. The molecule has 17 heavy (non-hydrogen) atoms. The lowest BCUT2D eigenvalue weighted by atomic mass is 9.67. The van der Waals surface area contributed by atoms with Crippen LogP contribution in [0, 0.1) is 11.3 Å². The zero-order valence-corrected chi connectivity index (χ0v) is 11.2. The van der Waals surface area contributed by atoms with E-state index in [-0.39, 0.29) is 5.78 Å². The van der Waals surface area contributed by atoms with Crippen molar-refractivity contribution in [2.24, 2.45) is 11.3 Å². The smallest absolute Gasteiger partial charge is 0.283 e. The second-order valence-electron chi connectivity index (χ2n) is 6.27. The average molecular weight is 238 g/mol. The maximum absolute atomic E-state index is 12.0. The Morgan fingerprint density at radius 1 is 1.35 bits per heavy atom. The van der Waals surface area contributed by atoms with Gasteiger partial charge in [-0.3, -0.25) is 4.79 Å². The van der Waals surface area contributed by atoms with Gasteiger partial charge in [0, 0.05) is 0 Å². The molecular formula is C14H22O3. The Balaban J connectivity index is 2.03. The molecule has 0 saturated heterocycles. The van der Waals surface area contributed by atoms with Crippen molar-refractivity contribution in [1.82, 2.24) is 0 Å². The third kappa shape index (κ3) is 2.20. The molecule has 1 aliphatic carbocycles. The fourth-order valence-electron chi connectivity index (χ4n) is 2.91. The number of hydrogen-bond donors (Lipinski definition) is 0. The molecule has 0 aromatic heterocycles. The van der Waals surface area contributed by atoms with Gasteiger partial charge in [-0.15, -0.1) is 0 Å². The summed E-state index contributed by atoms with van der Waals surface area (Å²) in [5.74, 6) is 1.14. The Morgan fingerprint density at radius 3 is 2.35 bits per heavy atom. The molecule has 96 valence electrons. The molecule has 0 N–H and O–H groups in total. The van der Waals surface area contributed by atoms with Gasteiger partial charge in [-0.05, 0) is 37.0 Å². The molecule has 2 aliphatic rings. The van der Waals surface area contributed by atoms with Crippen LogP contribution in [0.15, 0.2) is 12.0 Å². The van der Waals surface area contributed by atoms with Crippen molar-refractivity contribution in [2.75, 3.05) is 7.11 Å². The molecule has 1 saturated carbocycles. The van der Waals surface area contributed by atoms with Crippen LogP contribution in [0.4, 0.5) is 0 Å². The second-order valence-corrected chi connectivity index (χ2v) is 6.27. The van der Waals surface area contributed by atoms with E-state index in [0.717, 1.165) is 25.7 Å². The van der Waals surface area contributed by atoms with E-state index in [1.165, 1.54) is 6.08 Å². The Bertz CT molecular complexity index is 341. The number of ketones is 1. The van der Waals surface area contributed by atoms with Gasteiger partial charge in [-0.1, -0.05) is 20.8 Å². The summed E-state index contributed by atoms with van der Waals surface area (Å²) < 4.78 is 10.7. The first-order valence-electron chi connectivity index (χ1n) is 6.36. The minimum Gasteiger partial charge on any atom is -0.469 e. The summed E-state index contributed by atoms with van der Waals surface area (Å²) >= 11 is 0. The van der Waals surface area contributed by atoms with Crippen molar-refractivity contribution < 1.29 is 14.3 Å². The topological polar surface area (TPSA) is 35.5 Å². The Hall–Kier alpha value is -0.990. The summed E-state index contributed by atoms with van der Waals surface area (Å²) in [6.45, 7) is 6.81. The van der Waals surface area contributed by atoms with E-state index in [1.54, 1.807) is 7.11 Å². The monoisotopic (exact) mass is 238 g/mol. The summed E-state index contributed by atoms with van der Waals surface area (Å²) in [5.41, 5.74) is -0.284. The van der Waals surface area contributed by atoms with Crippen molar-refractivity contribution in [3.05, 3.63) is 12.0 Å². The minimum absolute atomic E-state index is 0.0849. The van der Waals surface area contributed by atoms with E-state index < -0.39 is 5.60 Å². The molecule has 0 unspecified atom stereocenters. The summed E-state index contributed by atoms with van der Waals surface area (Å²) in [5, 5.41) is 0. The van der Waals surface area contributed by atoms with Gasteiger partial charge in [-0.2, -0.15) is 0 Å². The Kier molecular flexibility index (Phi) is 2.96. The van der Waals surface area contributed by atoms with Crippen LogP contribution in [0.25, 0.3) is 0 Å². The van der Waals surface area contributed by atoms with E-state index in [9.17, 15) is 4.79 Å². The van der Waals surface area contributed by atoms with Crippen molar-refractivity contribution in [3.63, 3.8) is 0 Å². The van der Waals surface area contributed by atoms with Crippen LogP contribution in [0.5, 0.6) is 0 Å². The number of methoxy groups -OCH3 is 1. The molecular weight excluding hydrogens is 216 g/mol. The van der Waals surface area contributed by atoms with Crippen LogP contribution < -0.4 is 0 Å². The van der Waals surface area contributed by atoms with E-state index in [0.29, 0.717) is 17.3 Å². The predicted molar refractivity (Wildman–Crippen MR) is 65.3 cm³/mol. The third-order valence-electron chi connectivity index (χ3n) is 4.21. The molecule has 0 radical (unpaired) electrons. The summed E-state index contributed by atoms with van der Waals surface area (Å²) in [4.78, 5) is 12.0. The standard InChI is InChI=1S/C14H22O3/c1-13(2,3)10-5-7-14(8-6-10)11(15)9-12(16-4)17-14/h9-10H,5-8H2,1-4H3. The van der Waals surface area contributed by atoms with Crippen LogP contribution in [0.3, 0.4) is 0 Å². The number of ether oxygens (including phenoxy) is 2. The summed E-state index contributed by atoms with van der Waals surface area (Å²) in [6.07, 6.45) is 5.24. The van der Waals surface area contributed by atoms with E-state index >= 15 is 0 Å². The maximum Gasteiger partial charge on any atom is 0.283 e. The molecule has 0 aromatic carbocycles. The highest BCUT2D eigenvalue weighted by Gasteiger charge is 2.48. The van der Waals surface area contributed by atoms with Crippen LogP contribution in [-0.2, 0) is 14.3 Å². The predicted octanol–water partition coefficient (Wildman–Crippen LogP) is 3.05. The van der Waals surface area contributed by atoms with Crippen molar-refractivity contribution in [2.45, 2.75) is 52.1 Å². The molecule has 1 fully saturated rings. The van der Waals surface area contributed by atoms with Crippen LogP contribution in [0.2, 0.25) is 0 Å². The molecule has 1 heterocycles. The van der Waals surface area contributed by atoms with Crippen LogP contribution >= 0.6 is 0 Å². The molecule has 2 rings (SSSR count). The first kappa shape index (κ1) is 12.5. The van der Waals surface area contributed by atoms with Crippen LogP contribution in [0.1, 0.15) is 46.5 Å². The number of carbonyl (C=O) groups is 1. The van der Waals surface area contributed by atoms with Crippen molar-refractivity contribution >= 4 is 5.78 Å². The third-order valence-corrected chi connectivity index (χ3v) is 4.21. The second kappa shape index (κ2) is 4.04. The first-order valence-corrected chi connectivity index (χ1v) is 6.36. The van der Waals surface area contributed by atoms with E-state index in [2.05, 4.69) is 20.8 Å². The highest BCUT2D eigenvalue weighted by atomic mass is 16.7. The lowest BCUT2D eigenvalue weighted by Crippen LogP contribution is -2.42. The van der Waals surface area contributed by atoms with Gasteiger partial charge in [0.25, 0.3) is 5.95 Å². The highest BCUT2D eigenvalue weighted by Crippen LogP contribution is 2.45. The van der Waals surface area contributed by atoms with Gasteiger partial charge in [-0.25, -0.2) is 0 Å². The number of rotatable bonds is 1. The quantitative estimate of drug-likeness (QED) is 0.704. The molecule has 3 nitrogen and oxygen atoms in total. The van der Waals surface area contributed by atoms with E-state index in [1.807, 2.05) is 0 Å². The van der Waals surface area contributed by atoms with Gasteiger partial charge in [0.15, 0.2) is 5.60 Å². The van der Waals surface area contributed by atoms with Gasteiger partial charge >= 0.3 is 0 Å². The molecule has 0 amide bonds. The van der Waals surface area contributed by atoms with Gasteiger partial charge < -0.3 is 9.47 Å². The fourth-order valence-corrected chi connectivity index (χ4v) is 2.91.